The Hall–Kier alpha value is -4.22. The van der Waals surface area contributed by atoms with Gasteiger partial charge in [-0.05, 0) is 37.1 Å². The highest BCUT2D eigenvalue weighted by Gasteiger charge is 2.33. The van der Waals surface area contributed by atoms with Crippen molar-refractivity contribution in [3.8, 4) is 17.1 Å². The number of benzene rings is 1. The topological polar surface area (TPSA) is 154 Å². The lowest BCUT2D eigenvalue weighted by Crippen LogP contribution is -2.40. The second-order valence-electron chi connectivity index (χ2n) is 8.08. The van der Waals surface area contributed by atoms with E-state index in [9.17, 15) is 24.0 Å². The number of carbonyl (C=O) groups excluding carboxylic acids is 3. The van der Waals surface area contributed by atoms with E-state index in [1.54, 1.807) is 24.3 Å². The van der Waals surface area contributed by atoms with Crippen LogP contribution in [0.1, 0.15) is 33.1 Å². The zero-order valence-electron chi connectivity index (χ0n) is 19.3. The first-order valence-electron chi connectivity index (χ1n) is 11.3. The third-order valence-electron chi connectivity index (χ3n) is 5.44. The number of hydrogen-bond acceptors (Lipinski definition) is 8. The zero-order chi connectivity index (χ0) is 25.1. The Labute approximate surface area is 198 Å². The van der Waals surface area contributed by atoms with Gasteiger partial charge in [-0.2, -0.15) is 0 Å². The number of carbonyl (C=O) groups is 3. The SMILES string of the molecule is CCCn1c(=O)c2[nH]c(-c3ccc(OCC(=O)OC4CC(=O)NC4=O)cc3)nc2n(CCC)c1=O. The Bertz CT molecular complexity index is 1400. The van der Waals surface area contributed by atoms with Gasteiger partial charge in [0.15, 0.2) is 18.4 Å². The first-order valence-corrected chi connectivity index (χ1v) is 11.3. The standard InChI is InChI=1S/C23H25N5O7/c1-3-9-27-20-18(22(32)28(10-4-2)23(27)33)25-19(26-20)13-5-7-14(8-6-13)34-12-17(30)35-15-11-16(29)24-21(15)31/h5-8,15H,3-4,9-12H2,1-2H3,(H,25,26)(H,24,29,31). The zero-order valence-corrected chi connectivity index (χ0v) is 19.3. The summed E-state index contributed by atoms with van der Waals surface area (Å²) < 4.78 is 13.1. The lowest BCUT2D eigenvalue weighted by molar-refractivity contribution is -0.155. The minimum absolute atomic E-state index is 0.202. The predicted molar refractivity (Wildman–Crippen MR) is 124 cm³/mol. The molecule has 1 unspecified atom stereocenters. The van der Waals surface area contributed by atoms with Crippen LogP contribution in [0.2, 0.25) is 0 Å². The quantitative estimate of drug-likeness (QED) is 0.333. The fourth-order valence-electron chi connectivity index (χ4n) is 3.82. The molecule has 1 aliphatic rings. The Morgan fingerprint density at radius 1 is 1.06 bits per heavy atom. The Morgan fingerprint density at radius 3 is 2.37 bits per heavy atom. The fraction of sp³-hybridized carbons (Fsp3) is 0.391. The van der Waals surface area contributed by atoms with Crippen molar-refractivity contribution in [2.45, 2.75) is 52.3 Å². The number of fused-ring (bicyclic) bond motifs is 1. The molecule has 1 fully saturated rings. The number of nitrogens with zero attached hydrogens (tertiary/aromatic N) is 3. The third kappa shape index (κ3) is 4.86. The molecule has 0 radical (unpaired) electrons. The van der Waals surface area contributed by atoms with E-state index in [1.807, 2.05) is 13.8 Å². The molecule has 1 aliphatic heterocycles. The summed E-state index contributed by atoms with van der Waals surface area (Å²) in [6.07, 6.45) is 0.0138. The van der Waals surface area contributed by atoms with Crippen LogP contribution in [0.3, 0.4) is 0 Å². The number of rotatable bonds is 9. The van der Waals surface area contributed by atoms with E-state index >= 15 is 0 Å². The van der Waals surface area contributed by atoms with Gasteiger partial charge in [0.05, 0.1) is 6.42 Å². The maximum absolute atomic E-state index is 12.9. The fourth-order valence-corrected chi connectivity index (χ4v) is 3.82. The number of hydrogen-bond donors (Lipinski definition) is 2. The Balaban J connectivity index is 1.51. The van der Waals surface area contributed by atoms with Crippen molar-refractivity contribution in [1.82, 2.24) is 24.4 Å². The largest absolute Gasteiger partial charge is 0.482 e. The van der Waals surface area contributed by atoms with Crippen molar-refractivity contribution in [2.24, 2.45) is 0 Å². The lowest BCUT2D eigenvalue weighted by Gasteiger charge is -2.10. The van der Waals surface area contributed by atoms with Gasteiger partial charge < -0.3 is 14.5 Å². The highest BCUT2D eigenvalue weighted by Crippen LogP contribution is 2.22. The molecule has 2 amide bonds. The first kappa shape index (κ1) is 23.9. The number of ether oxygens (including phenoxy) is 2. The average Bonchev–Trinajstić information content (AvgIpc) is 3.41. The van der Waals surface area contributed by atoms with E-state index in [0.717, 1.165) is 0 Å². The van der Waals surface area contributed by atoms with Gasteiger partial charge in [0, 0.05) is 18.7 Å². The van der Waals surface area contributed by atoms with E-state index in [-0.39, 0.29) is 17.6 Å². The first-order chi connectivity index (χ1) is 16.8. The van der Waals surface area contributed by atoms with Crippen molar-refractivity contribution in [1.29, 1.82) is 0 Å². The third-order valence-corrected chi connectivity index (χ3v) is 5.44. The second-order valence-corrected chi connectivity index (χ2v) is 8.08. The van der Waals surface area contributed by atoms with Crippen LogP contribution in [-0.4, -0.2) is 49.6 Å². The summed E-state index contributed by atoms with van der Waals surface area (Å²) in [5, 5.41) is 2.06. The number of aromatic amines is 1. The minimum atomic E-state index is -1.14. The summed E-state index contributed by atoms with van der Waals surface area (Å²) in [5.74, 6) is -1.14. The summed E-state index contributed by atoms with van der Waals surface area (Å²) in [5.41, 5.74) is 0.434. The van der Waals surface area contributed by atoms with Crippen LogP contribution in [-0.2, 0) is 32.2 Å². The van der Waals surface area contributed by atoms with Gasteiger partial charge in [-0.15, -0.1) is 0 Å². The van der Waals surface area contributed by atoms with Crippen LogP contribution >= 0.6 is 0 Å². The minimum Gasteiger partial charge on any atom is -0.482 e. The normalized spacial score (nSPS) is 15.4. The van der Waals surface area contributed by atoms with Crippen molar-refractivity contribution < 1.29 is 23.9 Å². The smallest absolute Gasteiger partial charge is 0.344 e. The summed E-state index contributed by atoms with van der Waals surface area (Å²) in [6, 6.07) is 6.59. The Kier molecular flexibility index (Phi) is 6.80. The highest BCUT2D eigenvalue weighted by atomic mass is 16.6. The van der Waals surface area contributed by atoms with Crippen LogP contribution in [0.4, 0.5) is 0 Å². The van der Waals surface area contributed by atoms with Gasteiger partial charge in [-0.1, -0.05) is 13.8 Å². The van der Waals surface area contributed by atoms with Crippen LogP contribution < -0.4 is 21.3 Å². The number of nitrogens with one attached hydrogen (secondary N) is 2. The molecule has 184 valence electrons. The van der Waals surface area contributed by atoms with E-state index in [4.69, 9.17) is 9.47 Å². The summed E-state index contributed by atoms with van der Waals surface area (Å²) >= 11 is 0. The van der Waals surface area contributed by atoms with E-state index in [1.165, 1.54) is 9.13 Å². The molecule has 12 heteroatoms. The van der Waals surface area contributed by atoms with Crippen LogP contribution in [0.25, 0.3) is 22.6 Å². The van der Waals surface area contributed by atoms with E-state index in [0.29, 0.717) is 48.7 Å². The summed E-state index contributed by atoms with van der Waals surface area (Å²) in [7, 11) is 0. The van der Waals surface area contributed by atoms with Gasteiger partial charge in [-0.25, -0.2) is 14.6 Å². The Morgan fingerprint density at radius 2 is 1.74 bits per heavy atom. The highest BCUT2D eigenvalue weighted by molar-refractivity contribution is 6.05. The van der Waals surface area contributed by atoms with Gasteiger partial charge >= 0.3 is 11.7 Å². The van der Waals surface area contributed by atoms with Crippen molar-refractivity contribution in [2.75, 3.05) is 6.61 Å². The molecule has 0 aliphatic carbocycles. The number of aryl methyl sites for hydroxylation is 1. The van der Waals surface area contributed by atoms with Gasteiger partial charge in [0.25, 0.3) is 11.5 Å². The van der Waals surface area contributed by atoms with Crippen molar-refractivity contribution in [3.63, 3.8) is 0 Å². The van der Waals surface area contributed by atoms with Crippen LogP contribution in [0, 0.1) is 0 Å². The number of amides is 2. The molecular weight excluding hydrogens is 458 g/mol. The molecule has 1 saturated heterocycles. The van der Waals surface area contributed by atoms with Gasteiger partial charge in [-0.3, -0.25) is 28.8 Å². The van der Waals surface area contributed by atoms with E-state index in [2.05, 4.69) is 15.3 Å². The monoisotopic (exact) mass is 483 g/mol. The molecule has 0 spiro atoms. The average molecular weight is 483 g/mol. The molecule has 0 bridgehead atoms. The maximum Gasteiger partial charge on any atom is 0.344 e. The molecule has 3 aromatic rings. The molecule has 4 rings (SSSR count). The molecule has 1 aromatic carbocycles. The molecule has 2 N–H and O–H groups in total. The maximum atomic E-state index is 12.9. The lowest BCUT2D eigenvalue weighted by atomic mass is 10.2. The molecule has 3 heterocycles. The molecule has 1 atom stereocenters. The second kappa shape index (κ2) is 9.95. The number of H-pyrrole nitrogens is 1. The molecular formula is C23H25N5O7. The number of esters is 1. The number of aromatic nitrogens is 4. The van der Waals surface area contributed by atoms with Crippen LogP contribution in [0.15, 0.2) is 33.9 Å². The molecule has 0 saturated carbocycles. The predicted octanol–water partition coefficient (Wildman–Crippen LogP) is 0.710. The van der Waals surface area contributed by atoms with Gasteiger partial charge in [0.2, 0.25) is 5.91 Å². The van der Waals surface area contributed by atoms with Crippen LogP contribution in [0.5, 0.6) is 5.75 Å². The molecule has 35 heavy (non-hydrogen) atoms. The number of imidazole rings is 1. The van der Waals surface area contributed by atoms with Gasteiger partial charge in [0.1, 0.15) is 17.1 Å². The number of imide groups is 1. The molecule has 2 aromatic heterocycles. The molecule has 12 nitrogen and oxygen atoms in total. The van der Waals surface area contributed by atoms with Crippen molar-refractivity contribution >= 4 is 28.9 Å². The summed E-state index contributed by atoms with van der Waals surface area (Å²) in [4.78, 5) is 67.8. The van der Waals surface area contributed by atoms with Crippen molar-refractivity contribution in [3.05, 3.63) is 45.1 Å². The van der Waals surface area contributed by atoms with E-state index < -0.39 is 36.1 Å². The summed E-state index contributed by atoms with van der Waals surface area (Å²) in [6.45, 7) is 4.15.